The van der Waals surface area contributed by atoms with Gasteiger partial charge >= 0.3 is 0 Å². The van der Waals surface area contributed by atoms with Gasteiger partial charge in [-0.05, 0) is 48.4 Å². The lowest BCUT2D eigenvalue weighted by Gasteiger charge is -2.18. The summed E-state index contributed by atoms with van der Waals surface area (Å²) in [5.74, 6) is 1.05. The van der Waals surface area contributed by atoms with E-state index in [0.29, 0.717) is 32.0 Å². The van der Waals surface area contributed by atoms with E-state index in [1.807, 2.05) is 29.1 Å². The molecule has 1 saturated heterocycles. The molecule has 32 heavy (non-hydrogen) atoms. The van der Waals surface area contributed by atoms with E-state index in [1.54, 1.807) is 13.2 Å². The minimum absolute atomic E-state index is 0.0258. The van der Waals surface area contributed by atoms with Crippen LogP contribution >= 0.6 is 0 Å². The number of nitrogens with zero attached hydrogens (tertiary/aromatic N) is 4. The average Bonchev–Trinajstić information content (AvgIpc) is 3.60. The molecule has 2 aromatic rings. The van der Waals surface area contributed by atoms with Crippen molar-refractivity contribution >= 4 is 17.8 Å². The molecule has 2 aliphatic carbocycles. The van der Waals surface area contributed by atoms with Crippen LogP contribution in [0.25, 0.3) is 5.69 Å². The van der Waals surface area contributed by atoms with Gasteiger partial charge in [0, 0.05) is 39.1 Å². The van der Waals surface area contributed by atoms with Crippen molar-refractivity contribution in [3.8, 4) is 5.69 Å². The summed E-state index contributed by atoms with van der Waals surface area (Å²) < 4.78 is 1.82. The number of hydrogen-bond donors (Lipinski definition) is 2. The molecule has 2 heterocycles. The third-order valence-corrected chi connectivity index (χ3v) is 6.80. The summed E-state index contributed by atoms with van der Waals surface area (Å²) >= 11 is 0. The van der Waals surface area contributed by atoms with E-state index in [1.165, 1.54) is 4.90 Å². The highest BCUT2D eigenvalue weighted by atomic mass is 16.2. The number of hydrogen-bond acceptors (Lipinski definition) is 4. The number of nitrogens with one attached hydrogen (secondary N) is 2. The summed E-state index contributed by atoms with van der Waals surface area (Å²) in [6, 6.07) is 10.1. The van der Waals surface area contributed by atoms with Gasteiger partial charge in [0.2, 0.25) is 11.8 Å². The van der Waals surface area contributed by atoms with Gasteiger partial charge in [0.05, 0.1) is 17.5 Å². The third-order valence-electron chi connectivity index (χ3n) is 6.80. The van der Waals surface area contributed by atoms with Crippen LogP contribution in [0.15, 0.2) is 59.9 Å². The van der Waals surface area contributed by atoms with Gasteiger partial charge in [-0.25, -0.2) is 4.68 Å². The number of amides is 2. The van der Waals surface area contributed by atoms with Crippen LogP contribution in [0.2, 0.25) is 0 Å². The SMILES string of the molecule is CN=C(NCCCN1C(=O)C2C3C=CC(C3)C2C1=O)NCc1ccc(-n2cccn2)cc1. The van der Waals surface area contributed by atoms with Crippen molar-refractivity contribution < 1.29 is 9.59 Å². The quantitative estimate of drug-likeness (QED) is 0.229. The summed E-state index contributed by atoms with van der Waals surface area (Å²) in [6.07, 6.45) is 9.59. The van der Waals surface area contributed by atoms with E-state index in [9.17, 15) is 9.59 Å². The lowest BCUT2D eigenvalue weighted by atomic mass is 9.85. The number of rotatable bonds is 7. The van der Waals surface area contributed by atoms with Crippen LogP contribution in [0, 0.1) is 23.7 Å². The van der Waals surface area contributed by atoms with Crippen molar-refractivity contribution in [2.45, 2.75) is 19.4 Å². The van der Waals surface area contributed by atoms with E-state index >= 15 is 0 Å². The van der Waals surface area contributed by atoms with Gasteiger partial charge in [0.1, 0.15) is 0 Å². The zero-order chi connectivity index (χ0) is 22.1. The number of likely N-dealkylation sites (tertiary alicyclic amines) is 1. The van der Waals surface area contributed by atoms with Crippen LogP contribution in [0.5, 0.6) is 0 Å². The number of guanidine groups is 1. The van der Waals surface area contributed by atoms with E-state index in [-0.39, 0.29) is 35.5 Å². The van der Waals surface area contributed by atoms with Crippen molar-refractivity contribution in [2.24, 2.45) is 28.7 Å². The summed E-state index contributed by atoms with van der Waals surface area (Å²) in [6.45, 7) is 1.74. The number of aromatic nitrogens is 2. The predicted molar refractivity (Wildman–Crippen MR) is 121 cm³/mol. The number of benzene rings is 1. The molecule has 2 amide bonds. The number of aliphatic imine (C=N–C) groups is 1. The molecule has 1 aromatic carbocycles. The van der Waals surface area contributed by atoms with Crippen molar-refractivity contribution in [1.82, 2.24) is 25.3 Å². The summed E-state index contributed by atoms with van der Waals surface area (Å²) in [5.41, 5.74) is 2.15. The normalized spacial score (nSPS) is 26.2. The van der Waals surface area contributed by atoms with E-state index in [2.05, 4.69) is 45.0 Å². The smallest absolute Gasteiger partial charge is 0.233 e. The third kappa shape index (κ3) is 3.70. The Morgan fingerprint density at radius 3 is 2.44 bits per heavy atom. The molecule has 2 fully saturated rings. The first-order valence-corrected chi connectivity index (χ1v) is 11.2. The molecule has 0 spiro atoms. The number of fused-ring (bicyclic) bond motifs is 5. The lowest BCUT2D eigenvalue weighted by molar-refractivity contribution is -0.140. The first-order chi connectivity index (χ1) is 15.7. The number of carbonyl (C=O) groups excluding carboxylic acids is 2. The molecule has 3 aliphatic rings. The van der Waals surface area contributed by atoms with Gasteiger partial charge in [-0.2, -0.15) is 5.10 Å². The molecule has 2 bridgehead atoms. The van der Waals surface area contributed by atoms with Crippen molar-refractivity contribution in [2.75, 3.05) is 20.1 Å². The largest absolute Gasteiger partial charge is 0.356 e. The molecule has 1 aliphatic heterocycles. The molecule has 1 saturated carbocycles. The maximum absolute atomic E-state index is 12.7. The summed E-state index contributed by atoms with van der Waals surface area (Å²) in [4.78, 5) is 31.2. The first-order valence-electron chi connectivity index (χ1n) is 11.2. The summed E-state index contributed by atoms with van der Waals surface area (Å²) in [5, 5.41) is 10.8. The van der Waals surface area contributed by atoms with Gasteiger partial charge in [-0.15, -0.1) is 0 Å². The Hall–Kier alpha value is -3.42. The Labute approximate surface area is 187 Å². The van der Waals surface area contributed by atoms with Crippen LogP contribution in [0.1, 0.15) is 18.4 Å². The summed E-state index contributed by atoms with van der Waals surface area (Å²) in [7, 11) is 1.73. The number of carbonyl (C=O) groups is 2. The molecule has 166 valence electrons. The highest BCUT2D eigenvalue weighted by Crippen LogP contribution is 2.52. The molecular formula is C24H28N6O2. The van der Waals surface area contributed by atoms with Crippen molar-refractivity contribution in [3.05, 3.63) is 60.4 Å². The Kier molecular flexibility index (Phi) is 5.51. The molecule has 8 nitrogen and oxygen atoms in total. The maximum Gasteiger partial charge on any atom is 0.233 e. The van der Waals surface area contributed by atoms with Crippen LogP contribution in [-0.2, 0) is 16.1 Å². The molecule has 4 atom stereocenters. The first kappa shape index (κ1) is 20.5. The second kappa shape index (κ2) is 8.61. The second-order valence-electron chi connectivity index (χ2n) is 8.65. The van der Waals surface area contributed by atoms with Crippen molar-refractivity contribution in [3.63, 3.8) is 0 Å². The molecule has 5 rings (SSSR count). The van der Waals surface area contributed by atoms with Crippen LogP contribution in [0.4, 0.5) is 0 Å². The molecule has 2 N–H and O–H groups in total. The maximum atomic E-state index is 12.7. The molecule has 0 radical (unpaired) electrons. The van der Waals surface area contributed by atoms with Crippen LogP contribution in [-0.4, -0.2) is 52.6 Å². The Bertz CT molecular complexity index is 1010. The fourth-order valence-electron chi connectivity index (χ4n) is 5.22. The van der Waals surface area contributed by atoms with E-state index < -0.39 is 0 Å². The highest BCUT2D eigenvalue weighted by Gasteiger charge is 2.58. The Morgan fingerprint density at radius 2 is 1.81 bits per heavy atom. The molecular weight excluding hydrogens is 404 g/mol. The lowest BCUT2D eigenvalue weighted by Crippen LogP contribution is -2.39. The van der Waals surface area contributed by atoms with Crippen molar-refractivity contribution in [1.29, 1.82) is 0 Å². The molecule has 4 unspecified atom stereocenters. The topological polar surface area (TPSA) is 91.6 Å². The minimum Gasteiger partial charge on any atom is -0.356 e. The fourth-order valence-corrected chi connectivity index (χ4v) is 5.22. The van der Waals surface area contributed by atoms with E-state index in [0.717, 1.165) is 17.7 Å². The Balaban J connectivity index is 1.06. The van der Waals surface area contributed by atoms with Gasteiger partial charge in [-0.1, -0.05) is 24.3 Å². The fraction of sp³-hybridized carbons (Fsp3) is 0.417. The van der Waals surface area contributed by atoms with Gasteiger partial charge < -0.3 is 10.6 Å². The monoisotopic (exact) mass is 432 g/mol. The van der Waals surface area contributed by atoms with Crippen LogP contribution < -0.4 is 10.6 Å². The minimum atomic E-state index is -0.112. The second-order valence-corrected chi connectivity index (χ2v) is 8.65. The number of allylic oxidation sites excluding steroid dienone is 2. The van der Waals surface area contributed by atoms with E-state index in [4.69, 9.17) is 0 Å². The predicted octanol–water partition coefficient (Wildman–Crippen LogP) is 1.73. The molecule has 1 aromatic heterocycles. The van der Waals surface area contributed by atoms with Gasteiger partial charge in [-0.3, -0.25) is 19.5 Å². The standard InChI is InChI=1S/C24H28N6O2/c1-25-24(27-15-16-4-8-19(9-5-16)30-13-3-11-28-30)26-10-2-12-29-22(31)20-17-6-7-18(14-17)21(20)23(29)32/h3-9,11,13,17-18,20-21H,2,10,12,14-15H2,1H3,(H2,25,26,27). The average molecular weight is 433 g/mol. The molecule has 8 heteroatoms. The van der Waals surface area contributed by atoms with Gasteiger partial charge in [0.25, 0.3) is 0 Å². The van der Waals surface area contributed by atoms with Crippen LogP contribution in [0.3, 0.4) is 0 Å². The number of imide groups is 1. The van der Waals surface area contributed by atoms with Gasteiger partial charge in [0.15, 0.2) is 5.96 Å². The highest BCUT2D eigenvalue weighted by molar-refractivity contribution is 6.06. The zero-order valence-electron chi connectivity index (χ0n) is 18.1. The Morgan fingerprint density at radius 1 is 1.09 bits per heavy atom. The zero-order valence-corrected chi connectivity index (χ0v) is 18.1.